The van der Waals surface area contributed by atoms with Gasteiger partial charge in [-0.25, -0.2) is 0 Å². The van der Waals surface area contributed by atoms with Gasteiger partial charge < -0.3 is 15.1 Å². The van der Waals surface area contributed by atoms with Crippen LogP contribution in [-0.4, -0.2) is 38.3 Å². The Morgan fingerprint density at radius 1 is 1.03 bits per heavy atom. The van der Waals surface area contributed by atoms with Crippen LogP contribution in [0.1, 0.15) is 22.7 Å². The molecule has 4 rings (SSSR count). The number of nitro benzene ring substituents is 1. The number of nitrogens with zero attached hydrogens (tertiary/aromatic N) is 2. The number of carbonyl (C=O) groups excluding carboxylic acids is 2. The first-order chi connectivity index (χ1) is 16.3. The molecule has 172 valence electrons. The Labute approximate surface area is 199 Å². The van der Waals surface area contributed by atoms with Gasteiger partial charge in [0, 0.05) is 29.3 Å². The number of aliphatic hydroxyl groups is 1. The summed E-state index contributed by atoms with van der Waals surface area (Å²) in [6, 6.07) is 17.3. The molecule has 0 aromatic heterocycles. The highest BCUT2D eigenvalue weighted by molar-refractivity contribution is 6.46. The fourth-order valence-corrected chi connectivity index (χ4v) is 4.08. The van der Waals surface area contributed by atoms with E-state index < -0.39 is 28.4 Å². The molecule has 3 aromatic carbocycles. The smallest absolute Gasteiger partial charge is 0.295 e. The van der Waals surface area contributed by atoms with Crippen molar-refractivity contribution >= 4 is 34.7 Å². The molecule has 1 atom stereocenters. The lowest BCUT2D eigenvalue weighted by atomic mass is 9.95. The Balaban J connectivity index is 1.77. The molecular formula is C25H19ClN2O6. The van der Waals surface area contributed by atoms with Gasteiger partial charge in [-0.05, 0) is 53.9 Å². The summed E-state index contributed by atoms with van der Waals surface area (Å²) in [4.78, 5) is 37.8. The van der Waals surface area contributed by atoms with Crippen LogP contribution in [0.4, 0.5) is 5.69 Å². The average Bonchev–Trinajstić information content (AvgIpc) is 3.08. The summed E-state index contributed by atoms with van der Waals surface area (Å²) in [6.45, 7) is 0.170. The number of amides is 1. The van der Waals surface area contributed by atoms with Gasteiger partial charge in [-0.2, -0.15) is 0 Å². The van der Waals surface area contributed by atoms with Crippen LogP contribution in [-0.2, 0) is 16.0 Å². The van der Waals surface area contributed by atoms with E-state index in [9.17, 15) is 29.9 Å². The number of hydrogen-bond acceptors (Lipinski definition) is 6. The highest BCUT2D eigenvalue weighted by atomic mass is 35.5. The quantitative estimate of drug-likeness (QED) is 0.175. The molecular weight excluding hydrogens is 460 g/mol. The molecule has 1 unspecified atom stereocenters. The highest BCUT2D eigenvalue weighted by Gasteiger charge is 2.45. The van der Waals surface area contributed by atoms with Gasteiger partial charge in [0.25, 0.3) is 17.4 Å². The van der Waals surface area contributed by atoms with Crippen LogP contribution >= 0.6 is 11.6 Å². The third-order valence-corrected chi connectivity index (χ3v) is 5.88. The molecule has 0 spiro atoms. The Morgan fingerprint density at radius 3 is 2.32 bits per heavy atom. The van der Waals surface area contributed by atoms with Crippen molar-refractivity contribution in [1.82, 2.24) is 4.90 Å². The zero-order valence-corrected chi connectivity index (χ0v) is 18.5. The van der Waals surface area contributed by atoms with Gasteiger partial charge in [0.2, 0.25) is 0 Å². The minimum absolute atomic E-state index is 0.0591. The van der Waals surface area contributed by atoms with E-state index in [1.165, 1.54) is 41.3 Å². The minimum Gasteiger partial charge on any atom is -0.508 e. The van der Waals surface area contributed by atoms with Gasteiger partial charge in [-0.3, -0.25) is 19.7 Å². The fourth-order valence-electron chi connectivity index (χ4n) is 3.95. The molecule has 1 heterocycles. The van der Waals surface area contributed by atoms with E-state index in [4.69, 9.17) is 11.6 Å². The number of carbonyl (C=O) groups is 2. The number of phenolic OH excluding ortho intramolecular Hbond substituents is 1. The van der Waals surface area contributed by atoms with E-state index in [2.05, 4.69) is 0 Å². The monoisotopic (exact) mass is 478 g/mol. The van der Waals surface area contributed by atoms with Crippen LogP contribution in [0.3, 0.4) is 0 Å². The summed E-state index contributed by atoms with van der Waals surface area (Å²) in [6.07, 6.45) is 0.428. The number of non-ortho nitro benzene ring substituents is 1. The second kappa shape index (κ2) is 9.36. The van der Waals surface area contributed by atoms with Crippen LogP contribution in [0.15, 0.2) is 78.4 Å². The molecule has 9 heteroatoms. The molecule has 3 aromatic rings. The summed E-state index contributed by atoms with van der Waals surface area (Å²) < 4.78 is 0. The standard InChI is InChI=1S/C25H19ClN2O6/c26-18-8-4-15(5-9-18)12-13-27-22(17-2-1-3-20(29)14-17)21(24(31)25(27)32)23(30)16-6-10-19(11-7-16)28(33)34/h1-11,14,22,29-30H,12-13H2/b23-21-. The first-order valence-electron chi connectivity index (χ1n) is 10.3. The molecule has 1 amide bonds. The van der Waals surface area contributed by atoms with E-state index in [0.717, 1.165) is 5.56 Å². The summed E-state index contributed by atoms with van der Waals surface area (Å²) in [5.41, 5.74) is 1.17. The highest BCUT2D eigenvalue weighted by Crippen LogP contribution is 2.40. The van der Waals surface area contributed by atoms with Crippen molar-refractivity contribution in [3.8, 4) is 5.75 Å². The molecule has 0 saturated carbocycles. The topological polar surface area (TPSA) is 121 Å². The van der Waals surface area contributed by atoms with Crippen molar-refractivity contribution in [3.05, 3.63) is 110 Å². The molecule has 1 saturated heterocycles. The third kappa shape index (κ3) is 4.49. The first kappa shape index (κ1) is 23.0. The van der Waals surface area contributed by atoms with Crippen LogP contribution in [0.2, 0.25) is 5.02 Å². The van der Waals surface area contributed by atoms with Gasteiger partial charge in [-0.15, -0.1) is 0 Å². The number of rotatable bonds is 6. The number of likely N-dealkylation sites (tertiary alicyclic amines) is 1. The number of Topliss-reactive ketones (excluding diaryl/α,β-unsaturated/α-hetero) is 1. The zero-order chi connectivity index (χ0) is 24.4. The van der Waals surface area contributed by atoms with Gasteiger partial charge in [0.1, 0.15) is 11.5 Å². The Morgan fingerprint density at radius 2 is 1.71 bits per heavy atom. The van der Waals surface area contributed by atoms with Crippen molar-refractivity contribution in [2.24, 2.45) is 0 Å². The average molecular weight is 479 g/mol. The molecule has 0 aliphatic carbocycles. The van der Waals surface area contributed by atoms with Crippen molar-refractivity contribution < 1.29 is 24.7 Å². The van der Waals surface area contributed by atoms with Gasteiger partial charge >= 0.3 is 0 Å². The van der Waals surface area contributed by atoms with Crippen molar-refractivity contribution in [1.29, 1.82) is 0 Å². The molecule has 1 fully saturated rings. The SMILES string of the molecule is O=C1C(=O)N(CCc2ccc(Cl)cc2)C(c2cccc(O)c2)/C1=C(/O)c1ccc([N+](=O)[O-])cc1. The van der Waals surface area contributed by atoms with Crippen molar-refractivity contribution in [2.75, 3.05) is 6.54 Å². The fraction of sp³-hybridized carbons (Fsp3) is 0.120. The van der Waals surface area contributed by atoms with E-state index in [-0.39, 0.29) is 29.1 Å². The summed E-state index contributed by atoms with van der Waals surface area (Å²) in [7, 11) is 0. The summed E-state index contributed by atoms with van der Waals surface area (Å²) >= 11 is 5.93. The second-order valence-corrected chi connectivity index (χ2v) is 8.20. The van der Waals surface area contributed by atoms with E-state index in [1.54, 1.807) is 24.3 Å². The van der Waals surface area contributed by atoms with Gasteiger partial charge in [0.05, 0.1) is 16.5 Å². The number of hydrogen-bond donors (Lipinski definition) is 2. The lowest BCUT2D eigenvalue weighted by Crippen LogP contribution is -2.31. The van der Waals surface area contributed by atoms with Crippen LogP contribution in [0.25, 0.3) is 5.76 Å². The number of ketones is 1. The van der Waals surface area contributed by atoms with Crippen molar-refractivity contribution in [2.45, 2.75) is 12.5 Å². The Kier molecular flexibility index (Phi) is 6.34. The maximum Gasteiger partial charge on any atom is 0.295 e. The lowest BCUT2D eigenvalue weighted by Gasteiger charge is -2.25. The normalized spacial score (nSPS) is 17.2. The molecule has 0 bridgehead atoms. The molecule has 2 N–H and O–H groups in total. The summed E-state index contributed by atoms with van der Waals surface area (Å²) in [5.74, 6) is -2.17. The third-order valence-electron chi connectivity index (χ3n) is 5.63. The van der Waals surface area contributed by atoms with Crippen LogP contribution in [0.5, 0.6) is 5.75 Å². The number of benzene rings is 3. The maximum atomic E-state index is 13.0. The Bertz CT molecular complexity index is 1300. The largest absolute Gasteiger partial charge is 0.508 e. The predicted molar refractivity (Wildman–Crippen MR) is 125 cm³/mol. The minimum atomic E-state index is -0.949. The van der Waals surface area contributed by atoms with E-state index in [0.29, 0.717) is 17.0 Å². The lowest BCUT2D eigenvalue weighted by molar-refractivity contribution is -0.384. The van der Waals surface area contributed by atoms with E-state index >= 15 is 0 Å². The molecule has 8 nitrogen and oxygen atoms in total. The van der Waals surface area contributed by atoms with E-state index in [1.807, 2.05) is 12.1 Å². The second-order valence-electron chi connectivity index (χ2n) is 7.77. The molecule has 34 heavy (non-hydrogen) atoms. The molecule has 1 aliphatic heterocycles. The first-order valence-corrected chi connectivity index (χ1v) is 10.7. The molecule has 0 radical (unpaired) electrons. The Hall–Kier alpha value is -4.17. The van der Waals surface area contributed by atoms with Crippen LogP contribution < -0.4 is 0 Å². The number of phenols is 1. The number of aliphatic hydroxyl groups excluding tert-OH is 1. The summed E-state index contributed by atoms with van der Waals surface area (Å²) in [5, 5.41) is 32.5. The molecule has 1 aliphatic rings. The van der Waals surface area contributed by atoms with Gasteiger partial charge in [0.15, 0.2) is 0 Å². The van der Waals surface area contributed by atoms with Crippen molar-refractivity contribution in [3.63, 3.8) is 0 Å². The number of aromatic hydroxyl groups is 1. The number of nitro groups is 1. The number of halogens is 1. The van der Waals surface area contributed by atoms with Gasteiger partial charge in [-0.1, -0.05) is 35.9 Å². The maximum absolute atomic E-state index is 13.0. The predicted octanol–water partition coefficient (Wildman–Crippen LogP) is 4.62. The zero-order valence-electron chi connectivity index (χ0n) is 17.7. The van der Waals surface area contributed by atoms with Crippen LogP contribution in [0, 0.1) is 10.1 Å².